The van der Waals surface area contributed by atoms with Crippen LogP contribution >= 0.6 is 0 Å². The van der Waals surface area contributed by atoms with E-state index in [1.165, 1.54) is 0 Å². The van der Waals surface area contributed by atoms with Crippen molar-refractivity contribution >= 4 is 11.9 Å². The molecule has 0 rings (SSSR count). The average Bonchev–Trinajstić information content (AvgIpc) is 2.01. The molecule has 0 saturated carbocycles. The summed E-state index contributed by atoms with van der Waals surface area (Å²) in [4.78, 5) is 24.5. The summed E-state index contributed by atoms with van der Waals surface area (Å²) in [6.07, 6.45) is 0.582. The predicted molar refractivity (Wildman–Crippen MR) is 37.6 cm³/mol. The summed E-state index contributed by atoms with van der Waals surface area (Å²) in [5, 5.41) is 8.25. The van der Waals surface area contributed by atoms with Gasteiger partial charge < -0.3 is 14.7 Å². The molecule has 0 bridgehead atoms. The summed E-state index contributed by atoms with van der Waals surface area (Å²) in [5.74, 6) is 1.78. The van der Waals surface area contributed by atoms with Crippen LogP contribution in [-0.4, -0.2) is 23.7 Å². The molecular weight excluding hydrogens is 166 g/mol. The monoisotopic (exact) mass is 175 g/mol. The maximum Gasteiger partial charge on any atom is 0.392 e. The first-order chi connectivity index (χ1) is 5.61. The van der Waals surface area contributed by atoms with Crippen molar-refractivity contribution in [1.82, 2.24) is 0 Å². The number of rotatable bonds is 4. The van der Waals surface area contributed by atoms with E-state index < -0.39 is 17.7 Å². The van der Waals surface area contributed by atoms with E-state index in [2.05, 4.69) is 15.5 Å². The Bertz CT molecular complexity index is 210. The summed E-state index contributed by atoms with van der Waals surface area (Å²) in [5.41, 5.74) is 0. The van der Waals surface area contributed by atoms with Crippen molar-refractivity contribution in [2.24, 2.45) is 5.90 Å². The van der Waals surface area contributed by atoms with E-state index >= 15 is 0 Å². The zero-order chi connectivity index (χ0) is 9.56. The lowest BCUT2D eigenvalue weighted by Crippen LogP contribution is -2.15. The number of nitrogens with two attached hydrogens (primary N) is 1. The first-order valence-corrected chi connectivity index (χ1v) is 3.10. The highest BCUT2D eigenvalue weighted by Crippen LogP contribution is 1.98. The Labute approximate surface area is 68.5 Å². The van der Waals surface area contributed by atoms with E-state index in [0.29, 0.717) is 6.08 Å². The number of carboxylic acids is 1. The Morgan fingerprint density at radius 3 is 2.50 bits per heavy atom. The minimum absolute atomic E-state index is 0.161. The van der Waals surface area contributed by atoms with Crippen LogP contribution in [0.1, 0.15) is 6.92 Å². The standard InChI is InChI=1S/C6H9NO5/c1-2-11-4(3-5(8)9)6(10)12-7/h3H,2,7H2,1H3,(H,8,9)/b4-3-. The van der Waals surface area contributed by atoms with E-state index in [1.807, 2.05) is 0 Å². The van der Waals surface area contributed by atoms with E-state index in [-0.39, 0.29) is 6.61 Å². The van der Waals surface area contributed by atoms with Gasteiger partial charge in [0.2, 0.25) is 5.76 Å². The topological polar surface area (TPSA) is 98.8 Å². The highest BCUT2D eigenvalue weighted by Gasteiger charge is 2.12. The summed E-state index contributed by atoms with van der Waals surface area (Å²) < 4.78 is 4.63. The lowest BCUT2D eigenvalue weighted by Gasteiger charge is -2.03. The highest BCUT2D eigenvalue weighted by molar-refractivity contribution is 5.93. The molecular formula is C6H9NO5. The van der Waals surface area contributed by atoms with Gasteiger partial charge in [-0.25, -0.2) is 9.59 Å². The molecule has 0 aliphatic rings. The first kappa shape index (κ1) is 10.4. The molecule has 68 valence electrons. The van der Waals surface area contributed by atoms with Crippen molar-refractivity contribution in [3.8, 4) is 0 Å². The van der Waals surface area contributed by atoms with Gasteiger partial charge in [0.25, 0.3) is 0 Å². The molecule has 0 radical (unpaired) electrons. The van der Waals surface area contributed by atoms with Gasteiger partial charge in [-0.05, 0) is 6.92 Å². The Morgan fingerprint density at radius 1 is 1.58 bits per heavy atom. The maximum absolute atomic E-state index is 10.6. The van der Waals surface area contributed by atoms with E-state index in [4.69, 9.17) is 5.11 Å². The summed E-state index contributed by atoms with van der Waals surface area (Å²) in [7, 11) is 0. The fraction of sp³-hybridized carbons (Fsp3) is 0.333. The van der Waals surface area contributed by atoms with Gasteiger partial charge in [0.15, 0.2) is 0 Å². The normalized spacial score (nSPS) is 10.7. The molecule has 0 saturated heterocycles. The Hall–Kier alpha value is -1.56. The maximum atomic E-state index is 10.6. The molecule has 0 unspecified atom stereocenters. The van der Waals surface area contributed by atoms with Gasteiger partial charge in [-0.15, -0.1) is 0 Å². The largest absolute Gasteiger partial charge is 0.487 e. The summed E-state index contributed by atoms with van der Waals surface area (Å²) >= 11 is 0. The van der Waals surface area contributed by atoms with Crippen LogP contribution in [0, 0.1) is 0 Å². The van der Waals surface area contributed by atoms with Crippen LogP contribution in [0.3, 0.4) is 0 Å². The first-order valence-electron chi connectivity index (χ1n) is 3.10. The molecule has 0 spiro atoms. The van der Waals surface area contributed by atoms with Gasteiger partial charge >= 0.3 is 11.9 Å². The molecule has 3 N–H and O–H groups in total. The molecule has 0 aromatic heterocycles. The number of ether oxygens (including phenoxy) is 1. The lowest BCUT2D eigenvalue weighted by molar-refractivity contribution is -0.144. The van der Waals surface area contributed by atoms with Crippen molar-refractivity contribution in [2.75, 3.05) is 6.61 Å². The second-order valence-corrected chi connectivity index (χ2v) is 1.69. The lowest BCUT2D eigenvalue weighted by atomic mass is 10.4. The van der Waals surface area contributed by atoms with Crippen LogP contribution in [0.2, 0.25) is 0 Å². The molecule has 0 aliphatic carbocycles. The number of hydrogen-bond donors (Lipinski definition) is 2. The average molecular weight is 175 g/mol. The summed E-state index contributed by atoms with van der Waals surface area (Å²) in [6.45, 7) is 1.76. The molecule has 0 aromatic rings. The fourth-order valence-electron chi connectivity index (χ4n) is 0.485. The number of hydrogen-bond acceptors (Lipinski definition) is 5. The fourth-order valence-corrected chi connectivity index (χ4v) is 0.485. The minimum Gasteiger partial charge on any atom is -0.487 e. The molecule has 0 atom stereocenters. The van der Waals surface area contributed by atoms with E-state index in [1.54, 1.807) is 6.92 Å². The van der Waals surface area contributed by atoms with Crippen LogP contribution < -0.4 is 5.90 Å². The zero-order valence-electron chi connectivity index (χ0n) is 6.44. The molecule has 6 nitrogen and oxygen atoms in total. The summed E-state index contributed by atoms with van der Waals surface area (Å²) in [6, 6.07) is 0. The van der Waals surface area contributed by atoms with Gasteiger partial charge in [0, 0.05) is 0 Å². The van der Waals surface area contributed by atoms with Gasteiger partial charge in [-0.1, -0.05) is 0 Å². The Balaban J connectivity index is 4.42. The third-order valence-electron chi connectivity index (χ3n) is 0.863. The number of aliphatic carboxylic acids is 1. The molecule has 0 aliphatic heterocycles. The van der Waals surface area contributed by atoms with Crippen LogP contribution in [0.4, 0.5) is 0 Å². The molecule has 6 heteroatoms. The minimum atomic E-state index is -1.30. The van der Waals surface area contributed by atoms with Crippen molar-refractivity contribution in [3.05, 3.63) is 11.8 Å². The third-order valence-corrected chi connectivity index (χ3v) is 0.863. The van der Waals surface area contributed by atoms with Crippen LogP contribution in [0.25, 0.3) is 0 Å². The molecule has 0 heterocycles. The van der Waals surface area contributed by atoms with Crippen molar-refractivity contribution < 1.29 is 24.3 Å². The van der Waals surface area contributed by atoms with Gasteiger partial charge in [-0.3, -0.25) is 0 Å². The quantitative estimate of drug-likeness (QED) is 0.336. The van der Waals surface area contributed by atoms with Gasteiger partial charge in [-0.2, -0.15) is 5.90 Å². The van der Waals surface area contributed by atoms with Crippen molar-refractivity contribution in [2.45, 2.75) is 6.92 Å². The SMILES string of the molecule is CCO/C(=C\C(=O)O)C(=O)ON. The molecule has 12 heavy (non-hydrogen) atoms. The third kappa shape index (κ3) is 3.57. The molecule has 0 aromatic carbocycles. The van der Waals surface area contributed by atoms with Crippen LogP contribution in [0.5, 0.6) is 0 Å². The van der Waals surface area contributed by atoms with E-state index in [0.717, 1.165) is 0 Å². The van der Waals surface area contributed by atoms with Crippen molar-refractivity contribution in [3.63, 3.8) is 0 Å². The number of carbonyl (C=O) groups is 2. The van der Waals surface area contributed by atoms with Crippen LogP contribution in [0.15, 0.2) is 11.8 Å². The van der Waals surface area contributed by atoms with Gasteiger partial charge in [0.1, 0.15) is 0 Å². The Morgan fingerprint density at radius 2 is 2.17 bits per heavy atom. The predicted octanol–water partition coefficient (Wildman–Crippen LogP) is -0.592. The Kier molecular flexibility index (Phi) is 4.47. The highest BCUT2D eigenvalue weighted by atomic mass is 16.7. The van der Waals surface area contributed by atoms with E-state index in [9.17, 15) is 9.59 Å². The van der Waals surface area contributed by atoms with Gasteiger partial charge in [0.05, 0.1) is 12.7 Å². The smallest absolute Gasteiger partial charge is 0.392 e. The molecule has 0 amide bonds. The number of carbonyl (C=O) groups excluding carboxylic acids is 1. The van der Waals surface area contributed by atoms with Crippen molar-refractivity contribution in [1.29, 1.82) is 0 Å². The second kappa shape index (κ2) is 5.14. The number of carboxylic acid groups (broad SMARTS) is 1. The zero-order valence-corrected chi connectivity index (χ0v) is 6.44. The van der Waals surface area contributed by atoms with Crippen LogP contribution in [-0.2, 0) is 19.2 Å². The second-order valence-electron chi connectivity index (χ2n) is 1.69. The molecule has 0 fully saturated rings.